The number of nitrogens with one attached hydrogen (secondary N) is 2. The third kappa shape index (κ3) is 3.37. The van der Waals surface area contributed by atoms with Crippen LogP contribution in [0.1, 0.15) is 11.3 Å². The van der Waals surface area contributed by atoms with E-state index in [0.717, 1.165) is 28.8 Å². The van der Waals surface area contributed by atoms with E-state index in [9.17, 15) is 4.79 Å². The van der Waals surface area contributed by atoms with Crippen LogP contribution in [0, 0.1) is 6.92 Å². The van der Waals surface area contributed by atoms with Gasteiger partial charge in [-0.1, -0.05) is 18.2 Å². The second-order valence-electron chi connectivity index (χ2n) is 4.93. The lowest BCUT2D eigenvalue weighted by Gasteiger charge is -2.22. The van der Waals surface area contributed by atoms with Crippen LogP contribution in [0.5, 0.6) is 0 Å². The number of hydrogen-bond donors (Lipinski definition) is 2. The Kier molecular flexibility index (Phi) is 5.22. The molecule has 1 atom stereocenters. The van der Waals surface area contributed by atoms with Gasteiger partial charge in [0.05, 0.1) is 13.2 Å². The number of rotatable bonds is 3. The number of ether oxygens (including phenoxy) is 1. The van der Waals surface area contributed by atoms with Gasteiger partial charge in [-0.05, 0) is 13.0 Å². The van der Waals surface area contributed by atoms with Crippen LogP contribution in [0.3, 0.4) is 0 Å². The number of carbonyl (C=O) groups is 1. The van der Waals surface area contributed by atoms with Crippen molar-refractivity contribution >= 4 is 29.3 Å². The Bertz CT molecular complexity index is 620. The number of para-hydroxylation sites is 1. The zero-order valence-electron chi connectivity index (χ0n) is 11.8. The first kappa shape index (κ1) is 15.8. The monoisotopic (exact) mass is 310 g/mol. The molecule has 1 aromatic heterocycles. The van der Waals surface area contributed by atoms with Gasteiger partial charge in [-0.2, -0.15) is 0 Å². The fraction of sp³-hybridized carbons (Fsp3) is 0.400. The molecule has 1 saturated heterocycles. The second-order valence-corrected chi connectivity index (χ2v) is 4.93. The molecule has 1 unspecified atom stereocenters. The van der Waals surface area contributed by atoms with Crippen molar-refractivity contribution in [3.05, 3.63) is 35.6 Å². The van der Waals surface area contributed by atoms with Crippen molar-refractivity contribution < 1.29 is 13.9 Å². The number of hydrogen-bond acceptors (Lipinski definition) is 4. The van der Waals surface area contributed by atoms with Crippen LogP contribution in [-0.4, -0.2) is 31.7 Å². The normalized spacial score (nSPS) is 18.2. The molecule has 114 valence electrons. The third-order valence-electron chi connectivity index (χ3n) is 3.59. The lowest BCUT2D eigenvalue weighted by atomic mass is 10.1. The van der Waals surface area contributed by atoms with Crippen molar-refractivity contribution in [2.45, 2.75) is 19.6 Å². The van der Waals surface area contributed by atoms with Crippen LogP contribution >= 0.6 is 12.4 Å². The molecule has 6 heteroatoms. The topological polar surface area (TPSA) is 63.5 Å². The van der Waals surface area contributed by atoms with Crippen LogP contribution in [0.2, 0.25) is 0 Å². The molecular weight excluding hydrogens is 292 g/mol. The molecule has 0 aliphatic carbocycles. The molecule has 21 heavy (non-hydrogen) atoms. The summed E-state index contributed by atoms with van der Waals surface area (Å²) in [5.41, 5.74) is 1.92. The Morgan fingerprint density at radius 3 is 2.95 bits per heavy atom. The van der Waals surface area contributed by atoms with E-state index >= 15 is 0 Å². The number of carbonyl (C=O) groups excluding carboxylic acids is 1. The van der Waals surface area contributed by atoms with E-state index in [1.165, 1.54) is 0 Å². The molecule has 2 aromatic rings. The molecule has 1 aromatic carbocycles. The maximum absolute atomic E-state index is 12.0. The van der Waals surface area contributed by atoms with Gasteiger partial charge < -0.3 is 19.8 Å². The highest BCUT2D eigenvalue weighted by atomic mass is 35.5. The van der Waals surface area contributed by atoms with Crippen molar-refractivity contribution in [2.75, 3.05) is 19.7 Å². The number of halogens is 1. The van der Waals surface area contributed by atoms with E-state index in [-0.39, 0.29) is 18.3 Å². The number of fused-ring (bicyclic) bond motifs is 1. The Morgan fingerprint density at radius 2 is 2.24 bits per heavy atom. The van der Waals surface area contributed by atoms with E-state index in [0.29, 0.717) is 19.7 Å². The van der Waals surface area contributed by atoms with Gasteiger partial charge >= 0.3 is 0 Å². The molecule has 0 bridgehead atoms. The molecule has 2 N–H and O–H groups in total. The lowest BCUT2D eigenvalue weighted by Crippen LogP contribution is -2.47. The van der Waals surface area contributed by atoms with Crippen molar-refractivity contribution in [1.29, 1.82) is 0 Å². The largest absolute Gasteiger partial charge is 0.459 e. The summed E-state index contributed by atoms with van der Waals surface area (Å²) >= 11 is 0. The maximum atomic E-state index is 12.0. The summed E-state index contributed by atoms with van der Waals surface area (Å²) in [5.74, 6) is 0.695. The molecule has 0 radical (unpaired) electrons. The highest BCUT2D eigenvalue weighted by Gasteiger charge is 2.22. The fourth-order valence-electron chi connectivity index (χ4n) is 2.41. The van der Waals surface area contributed by atoms with Crippen LogP contribution < -0.4 is 10.6 Å². The molecule has 1 aliphatic heterocycles. The summed E-state index contributed by atoms with van der Waals surface area (Å²) in [4.78, 5) is 12.0. The number of furan rings is 1. The van der Waals surface area contributed by atoms with Gasteiger partial charge in [0, 0.05) is 24.0 Å². The number of amides is 1. The first-order valence-electron chi connectivity index (χ1n) is 6.83. The molecule has 1 aliphatic rings. The van der Waals surface area contributed by atoms with E-state index in [4.69, 9.17) is 9.15 Å². The molecule has 3 rings (SSSR count). The molecule has 2 heterocycles. The van der Waals surface area contributed by atoms with Gasteiger partial charge in [0.15, 0.2) is 0 Å². The van der Waals surface area contributed by atoms with Gasteiger partial charge in [-0.25, -0.2) is 0 Å². The SMILES string of the molecule is Cc1c(CNC(=O)C2CNCCO2)oc2ccccc12.Cl. The Morgan fingerprint density at radius 1 is 1.43 bits per heavy atom. The average Bonchev–Trinajstić information content (AvgIpc) is 2.83. The highest BCUT2D eigenvalue weighted by molar-refractivity contribution is 5.85. The van der Waals surface area contributed by atoms with Crippen molar-refractivity contribution in [2.24, 2.45) is 0 Å². The van der Waals surface area contributed by atoms with Crippen LogP contribution in [0.4, 0.5) is 0 Å². The number of aryl methyl sites for hydroxylation is 1. The van der Waals surface area contributed by atoms with E-state index in [1.807, 2.05) is 31.2 Å². The Labute approximate surface area is 129 Å². The van der Waals surface area contributed by atoms with Crippen molar-refractivity contribution in [3.8, 4) is 0 Å². The summed E-state index contributed by atoms with van der Waals surface area (Å²) in [6.07, 6.45) is -0.409. The molecule has 1 fully saturated rings. The van der Waals surface area contributed by atoms with Gasteiger partial charge in [-0.3, -0.25) is 4.79 Å². The summed E-state index contributed by atoms with van der Waals surface area (Å²) in [5, 5.41) is 7.10. The summed E-state index contributed by atoms with van der Waals surface area (Å²) in [6, 6.07) is 7.87. The van der Waals surface area contributed by atoms with Crippen LogP contribution in [0.25, 0.3) is 11.0 Å². The smallest absolute Gasteiger partial charge is 0.250 e. The van der Waals surface area contributed by atoms with Gasteiger partial charge in [-0.15, -0.1) is 12.4 Å². The first-order valence-corrected chi connectivity index (χ1v) is 6.83. The molecular formula is C15H19ClN2O3. The Hall–Kier alpha value is -1.56. The minimum atomic E-state index is -0.409. The molecule has 0 spiro atoms. The van der Waals surface area contributed by atoms with Crippen LogP contribution in [-0.2, 0) is 16.1 Å². The Balaban J connectivity index is 0.00000161. The molecule has 0 saturated carbocycles. The summed E-state index contributed by atoms with van der Waals surface area (Å²) in [6.45, 7) is 4.32. The number of benzene rings is 1. The zero-order valence-corrected chi connectivity index (χ0v) is 12.7. The molecule has 1 amide bonds. The van der Waals surface area contributed by atoms with Gasteiger partial charge in [0.2, 0.25) is 0 Å². The average molecular weight is 311 g/mol. The summed E-state index contributed by atoms with van der Waals surface area (Å²) in [7, 11) is 0. The van der Waals surface area contributed by atoms with Crippen molar-refractivity contribution in [3.63, 3.8) is 0 Å². The van der Waals surface area contributed by atoms with E-state index < -0.39 is 6.10 Å². The van der Waals surface area contributed by atoms with Crippen molar-refractivity contribution in [1.82, 2.24) is 10.6 Å². The quantitative estimate of drug-likeness (QED) is 0.907. The minimum Gasteiger partial charge on any atom is -0.459 e. The molecule has 5 nitrogen and oxygen atoms in total. The predicted molar refractivity (Wildman–Crippen MR) is 82.7 cm³/mol. The first-order chi connectivity index (χ1) is 9.75. The second kappa shape index (κ2) is 6.93. The third-order valence-corrected chi connectivity index (χ3v) is 3.59. The highest BCUT2D eigenvalue weighted by Crippen LogP contribution is 2.24. The predicted octanol–water partition coefficient (Wildman–Crippen LogP) is 1.77. The van der Waals surface area contributed by atoms with Crippen LogP contribution in [0.15, 0.2) is 28.7 Å². The van der Waals surface area contributed by atoms with Gasteiger partial charge in [0.25, 0.3) is 5.91 Å². The lowest BCUT2D eigenvalue weighted by molar-refractivity contribution is -0.134. The fourth-order valence-corrected chi connectivity index (χ4v) is 2.41. The number of morpholine rings is 1. The maximum Gasteiger partial charge on any atom is 0.250 e. The zero-order chi connectivity index (χ0) is 13.9. The van der Waals surface area contributed by atoms with Gasteiger partial charge in [0.1, 0.15) is 17.4 Å². The standard InChI is InChI=1S/C15H18N2O3.ClH/c1-10-11-4-2-3-5-12(11)20-13(10)9-17-15(18)14-8-16-6-7-19-14;/h2-5,14,16H,6-9H2,1H3,(H,17,18);1H. The van der Waals surface area contributed by atoms with E-state index in [1.54, 1.807) is 0 Å². The van der Waals surface area contributed by atoms with E-state index in [2.05, 4.69) is 10.6 Å². The minimum absolute atomic E-state index is 0. The summed E-state index contributed by atoms with van der Waals surface area (Å²) < 4.78 is 11.2.